The highest BCUT2D eigenvalue weighted by atomic mass is 16.2. The predicted octanol–water partition coefficient (Wildman–Crippen LogP) is 2.08. The summed E-state index contributed by atoms with van der Waals surface area (Å²) in [5.74, 6) is 0.180. The first-order chi connectivity index (χ1) is 8.67. The lowest BCUT2D eigenvalue weighted by Gasteiger charge is -2.20. The van der Waals surface area contributed by atoms with E-state index < -0.39 is 0 Å². The fraction of sp³-hybridized carbons (Fsp3) is 0.533. The molecule has 0 heterocycles. The van der Waals surface area contributed by atoms with Crippen LogP contribution in [0.15, 0.2) is 30.3 Å². The monoisotopic (exact) mass is 248 g/mol. The van der Waals surface area contributed by atoms with E-state index in [9.17, 15) is 4.79 Å². The van der Waals surface area contributed by atoms with Crippen molar-refractivity contribution in [3.05, 3.63) is 35.9 Å². The van der Waals surface area contributed by atoms with E-state index in [0.29, 0.717) is 12.6 Å². The Morgan fingerprint density at radius 3 is 2.39 bits per heavy atom. The van der Waals surface area contributed by atoms with E-state index in [0.717, 1.165) is 19.5 Å². The number of carbonyl (C=O) groups excluding carboxylic acids is 1. The van der Waals surface area contributed by atoms with Gasteiger partial charge in [0.05, 0.1) is 6.54 Å². The zero-order valence-corrected chi connectivity index (χ0v) is 11.6. The van der Waals surface area contributed by atoms with Crippen molar-refractivity contribution >= 4 is 5.91 Å². The molecule has 18 heavy (non-hydrogen) atoms. The number of amides is 1. The lowest BCUT2D eigenvalue weighted by Crippen LogP contribution is -2.41. The highest BCUT2D eigenvalue weighted by Crippen LogP contribution is 2.02. The molecule has 0 bridgehead atoms. The smallest absolute Gasteiger partial charge is 0.236 e. The molecule has 0 saturated carbocycles. The van der Waals surface area contributed by atoms with Gasteiger partial charge in [-0.05, 0) is 32.8 Å². The summed E-state index contributed by atoms with van der Waals surface area (Å²) in [5, 5.41) is 3.29. The average Bonchev–Trinajstić information content (AvgIpc) is 2.39. The first-order valence-corrected chi connectivity index (χ1v) is 6.72. The van der Waals surface area contributed by atoms with E-state index in [1.54, 1.807) is 0 Å². The van der Waals surface area contributed by atoms with E-state index >= 15 is 0 Å². The van der Waals surface area contributed by atoms with E-state index in [1.165, 1.54) is 5.56 Å². The summed E-state index contributed by atoms with van der Waals surface area (Å²) in [6.45, 7) is 8.12. The summed E-state index contributed by atoms with van der Waals surface area (Å²) in [6.07, 6.45) is 0.951. The molecule has 1 aromatic carbocycles. The molecule has 1 amide bonds. The third kappa shape index (κ3) is 4.88. The summed E-state index contributed by atoms with van der Waals surface area (Å²) in [4.78, 5) is 13.7. The third-order valence-corrected chi connectivity index (χ3v) is 3.10. The fourth-order valence-corrected chi connectivity index (χ4v) is 1.99. The van der Waals surface area contributed by atoms with Gasteiger partial charge in [-0.15, -0.1) is 0 Å². The third-order valence-electron chi connectivity index (χ3n) is 3.10. The number of benzene rings is 1. The molecule has 1 rings (SSSR count). The van der Waals surface area contributed by atoms with E-state index in [-0.39, 0.29) is 5.91 Å². The maximum absolute atomic E-state index is 11.8. The van der Waals surface area contributed by atoms with E-state index in [4.69, 9.17) is 0 Å². The van der Waals surface area contributed by atoms with E-state index in [1.807, 2.05) is 36.9 Å². The Hall–Kier alpha value is -1.35. The molecule has 3 nitrogen and oxygen atoms in total. The van der Waals surface area contributed by atoms with Crippen molar-refractivity contribution in [2.24, 2.45) is 0 Å². The van der Waals surface area contributed by atoms with Gasteiger partial charge in [-0.2, -0.15) is 0 Å². The molecule has 0 aliphatic carbocycles. The van der Waals surface area contributed by atoms with Gasteiger partial charge in [0.15, 0.2) is 0 Å². The summed E-state index contributed by atoms with van der Waals surface area (Å²) in [6, 6.07) is 10.7. The normalized spacial score (nSPS) is 12.2. The Bertz CT molecular complexity index is 347. The van der Waals surface area contributed by atoms with Gasteiger partial charge in [0.25, 0.3) is 0 Å². The quantitative estimate of drug-likeness (QED) is 0.801. The van der Waals surface area contributed by atoms with Gasteiger partial charge in [0.2, 0.25) is 5.91 Å². The van der Waals surface area contributed by atoms with Crippen LogP contribution in [0.1, 0.15) is 26.3 Å². The van der Waals surface area contributed by atoms with Crippen LogP contribution in [0.4, 0.5) is 0 Å². The number of carbonyl (C=O) groups is 1. The Morgan fingerprint density at radius 1 is 1.22 bits per heavy atom. The maximum atomic E-state index is 11.8. The number of nitrogens with one attached hydrogen (secondary N) is 1. The minimum atomic E-state index is 0.180. The van der Waals surface area contributed by atoms with Crippen LogP contribution in [-0.2, 0) is 11.2 Å². The number of hydrogen-bond acceptors (Lipinski definition) is 2. The second-order valence-electron chi connectivity index (χ2n) is 4.54. The lowest BCUT2D eigenvalue weighted by molar-refractivity contribution is -0.129. The van der Waals surface area contributed by atoms with Crippen LogP contribution in [0.5, 0.6) is 0 Å². The van der Waals surface area contributed by atoms with Crippen molar-refractivity contribution in [3.8, 4) is 0 Å². The van der Waals surface area contributed by atoms with Crippen molar-refractivity contribution < 1.29 is 4.79 Å². The minimum absolute atomic E-state index is 0.180. The largest absolute Gasteiger partial charge is 0.342 e. The van der Waals surface area contributed by atoms with Crippen molar-refractivity contribution in [3.63, 3.8) is 0 Å². The molecule has 1 N–H and O–H groups in total. The Labute approximate surface area is 110 Å². The molecular weight excluding hydrogens is 224 g/mol. The zero-order valence-electron chi connectivity index (χ0n) is 11.6. The fourth-order valence-electron chi connectivity index (χ4n) is 1.99. The van der Waals surface area contributed by atoms with Gasteiger partial charge in [0.1, 0.15) is 0 Å². The molecule has 0 radical (unpaired) electrons. The van der Waals surface area contributed by atoms with Gasteiger partial charge in [-0.25, -0.2) is 0 Å². The molecule has 100 valence electrons. The number of rotatable bonds is 7. The highest BCUT2D eigenvalue weighted by Gasteiger charge is 2.10. The summed E-state index contributed by atoms with van der Waals surface area (Å²) in [5.41, 5.74) is 1.30. The van der Waals surface area contributed by atoms with Crippen LogP contribution in [0, 0.1) is 0 Å². The Kier molecular flexibility index (Phi) is 6.44. The maximum Gasteiger partial charge on any atom is 0.236 e. The van der Waals surface area contributed by atoms with Crippen LogP contribution < -0.4 is 5.32 Å². The molecule has 1 atom stereocenters. The molecule has 0 aliphatic rings. The lowest BCUT2D eigenvalue weighted by atomic mass is 10.1. The standard InChI is InChI=1S/C15H24N2O/c1-4-17(5-2)15(18)12-16-13(3)11-14-9-7-6-8-10-14/h6-10,13,16H,4-5,11-12H2,1-3H3. The van der Waals surface area contributed by atoms with Gasteiger partial charge >= 0.3 is 0 Å². The molecule has 1 aromatic rings. The molecular formula is C15H24N2O. The average molecular weight is 248 g/mol. The van der Waals surface area contributed by atoms with Gasteiger partial charge in [0, 0.05) is 19.1 Å². The topological polar surface area (TPSA) is 32.3 Å². The molecule has 0 spiro atoms. The SMILES string of the molecule is CCN(CC)C(=O)CNC(C)Cc1ccccc1. The van der Waals surface area contributed by atoms with E-state index in [2.05, 4.69) is 24.4 Å². The second-order valence-corrected chi connectivity index (χ2v) is 4.54. The Balaban J connectivity index is 2.33. The highest BCUT2D eigenvalue weighted by molar-refractivity contribution is 5.78. The first kappa shape index (κ1) is 14.7. The van der Waals surface area contributed by atoms with Gasteiger partial charge in [-0.1, -0.05) is 30.3 Å². The predicted molar refractivity (Wildman–Crippen MR) is 75.5 cm³/mol. The second kappa shape index (κ2) is 7.88. The minimum Gasteiger partial charge on any atom is -0.342 e. The molecule has 0 aliphatic heterocycles. The molecule has 0 aromatic heterocycles. The van der Waals surface area contributed by atoms with Gasteiger partial charge < -0.3 is 10.2 Å². The Morgan fingerprint density at radius 2 is 1.83 bits per heavy atom. The van der Waals surface area contributed by atoms with Crippen molar-refractivity contribution in [2.75, 3.05) is 19.6 Å². The molecule has 1 unspecified atom stereocenters. The summed E-state index contributed by atoms with van der Waals surface area (Å²) < 4.78 is 0. The van der Waals surface area contributed by atoms with Crippen LogP contribution in [-0.4, -0.2) is 36.5 Å². The van der Waals surface area contributed by atoms with Crippen LogP contribution >= 0.6 is 0 Å². The molecule has 0 fully saturated rings. The zero-order chi connectivity index (χ0) is 13.4. The van der Waals surface area contributed by atoms with Crippen LogP contribution in [0.3, 0.4) is 0 Å². The number of likely N-dealkylation sites (N-methyl/N-ethyl adjacent to an activating group) is 1. The van der Waals surface area contributed by atoms with Crippen LogP contribution in [0.25, 0.3) is 0 Å². The number of hydrogen-bond donors (Lipinski definition) is 1. The van der Waals surface area contributed by atoms with Crippen molar-refractivity contribution in [2.45, 2.75) is 33.2 Å². The molecule has 0 saturated heterocycles. The first-order valence-electron chi connectivity index (χ1n) is 6.72. The summed E-state index contributed by atoms with van der Waals surface area (Å²) in [7, 11) is 0. The van der Waals surface area contributed by atoms with Crippen molar-refractivity contribution in [1.82, 2.24) is 10.2 Å². The number of nitrogens with zero attached hydrogens (tertiary/aromatic N) is 1. The molecule has 3 heteroatoms. The van der Waals surface area contributed by atoms with Crippen LogP contribution in [0.2, 0.25) is 0 Å². The van der Waals surface area contributed by atoms with Crippen molar-refractivity contribution in [1.29, 1.82) is 0 Å². The summed E-state index contributed by atoms with van der Waals surface area (Å²) >= 11 is 0. The van der Waals surface area contributed by atoms with Gasteiger partial charge in [-0.3, -0.25) is 4.79 Å².